The van der Waals surface area contributed by atoms with Gasteiger partial charge in [-0.15, -0.1) is 0 Å². The zero-order valence-electron chi connectivity index (χ0n) is 19.0. The van der Waals surface area contributed by atoms with Crippen LogP contribution in [0.25, 0.3) is 55.0 Å². The van der Waals surface area contributed by atoms with Crippen molar-refractivity contribution in [3.63, 3.8) is 0 Å². The lowest BCUT2D eigenvalue weighted by Crippen LogP contribution is -2.02. The van der Waals surface area contributed by atoms with Gasteiger partial charge in [-0.25, -0.2) is 14.8 Å². The Morgan fingerprint density at radius 3 is 1.85 bits per heavy atom. The van der Waals surface area contributed by atoms with E-state index < -0.39 is 0 Å². The van der Waals surface area contributed by atoms with Gasteiger partial charge in [0.1, 0.15) is 17.2 Å². The average molecular weight is 437 g/mol. The largest absolute Gasteiger partial charge is 0.422 e. The molecule has 6 aromatic rings. The molecule has 0 aliphatic heterocycles. The van der Waals surface area contributed by atoms with Crippen LogP contribution < -0.4 is 5.63 Å². The van der Waals surface area contributed by atoms with Crippen LogP contribution in [-0.2, 0) is 0 Å². The fourth-order valence-corrected chi connectivity index (χ4v) is 4.55. The number of benzene rings is 3. The monoisotopic (exact) mass is 436 g/mol. The lowest BCUT2D eigenvalue weighted by molar-refractivity contribution is 0.570. The van der Waals surface area contributed by atoms with Crippen molar-refractivity contribution < 1.29 is 4.42 Å². The van der Waals surface area contributed by atoms with E-state index in [0.29, 0.717) is 22.8 Å². The molecule has 6 rings (SSSR count). The molecule has 0 aliphatic carbocycles. The van der Waals surface area contributed by atoms with Crippen molar-refractivity contribution in [2.75, 3.05) is 0 Å². The molecule has 3 heterocycles. The van der Waals surface area contributed by atoms with Gasteiger partial charge in [0.15, 0.2) is 0 Å². The van der Waals surface area contributed by atoms with Crippen molar-refractivity contribution in [2.24, 2.45) is 0 Å². The highest BCUT2D eigenvalue weighted by atomic mass is 16.4. The first-order valence-corrected chi connectivity index (χ1v) is 11.3. The minimum absolute atomic E-state index is 0.301. The number of hydrogen-bond acceptors (Lipinski definition) is 4. The lowest BCUT2D eigenvalue weighted by atomic mass is 9.94. The predicted octanol–water partition coefficient (Wildman–Crippen LogP) is 6.56. The van der Waals surface area contributed by atoms with E-state index in [0.717, 1.165) is 55.7 Å². The Hall–Kier alpha value is -3.93. The number of aromatic amines is 2. The first-order chi connectivity index (χ1) is 15.9. The van der Waals surface area contributed by atoms with Crippen molar-refractivity contribution in [1.29, 1.82) is 0 Å². The molecule has 0 spiro atoms. The molecule has 0 unspecified atom stereocenters. The van der Waals surface area contributed by atoms with Gasteiger partial charge in [-0.3, -0.25) is 0 Å². The third kappa shape index (κ3) is 3.05. The van der Waals surface area contributed by atoms with Crippen LogP contribution in [0, 0.1) is 0 Å². The topological polar surface area (TPSA) is 87.6 Å². The Bertz CT molecular complexity index is 1700. The molecule has 0 aliphatic rings. The van der Waals surface area contributed by atoms with E-state index in [1.165, 1.54) is 0 Å². The zero-order chi connectivity index (χ0) is 22.9. The molecule has 0 amide bonds. The fraction of sp³-hybridized carbons (Fsp3) is 0.222. The van der Waals surface area contributed by atoms with Crippen molar-refractivity contribution in [3.8, 4) is 22.5 Å². The summed E-state index contributed by atoms with van der Waals surface area (Å²) < 4.78 is 5.85. The Labute approximate surface area is 190 Å². The third-order valence-corrected chi connectivity index (χ3v) is 6.32. The molecular formula is C27H24N4O2. The SMILES string of the molecule is CC(C)c1ncc(-c2cc3ccc4cc(-c5cnc(C(C)C)[nH]5)cc5c(=O)oc(c2)c3c45)[nH]1. The van der Waals surface area contributed by atoms with E-state index in [4.69, 9.17) is 4.42 Å². The Morgan fingerprint density at radius 1 is 0.758 bits per heavy atom. The van der Waals surface area contributed by atoms with Crippen molar-refractivity contribution >= 4 is 32.5 Å². The number of nitrogens with one attached hydrogen (secondary N) is 2. The summed E-state index contributed by atoms with van der Waals surface area (Å²) in [5.74, 6) is 2.47. The highest BCUT2D eigenvalue weighted by Crippen LogP contribution is 2.38. The first kappa shape index (κ1) is 19.7. The van der Waals surface area contributed by atoms with Gasteiger partial charge in [0.2, 0.25) is 0 Å². The van der Waals surface area contributed by atoms with Crippen LogP contribution in [0.4, 0.5) is 0 Å². The van der Waals surface area contributed by atoms with Gasteiger partial charge in [0, 0.05) is 33.7 Å². The summed E-state index contributed by atoms with van der Waals surface area (Å²) in [6.45, 7) is 8.39. The van der Waals surface area contributed by atoms with E-state index in [2.05, 4.69) is 71.9 Å². The fourth-order valence-electron chi connectivity index (χ4n) is 4.55. The third-order valence-electron chi connectivity index (χ3n) is 6.32. The zero-order valence-corrected chi connectivity index (χ0v) is 19.0. The Kier molecular flexibility index (Phi) is 4.21. The number of nitrogens with zero attached hydrogens (tertiary/aromatic N) is 2. The van der Waals surface area contributed by atoms with Crippen LogP contribution in [0.5, 0.6) is 0 Å². The molecule has 0 saturated heterocycles. The summed E-state index contributed by atoms with van der Waals surface area (Å²) in [4.78, 5) is 28.8. The second-order valence-electron chi connectivity index (χ2n) is 9.32. The van der Waals surface area contributed by atoms with Crippen molar-refractivity contribution in [2.45, 2.75) is 39.5 Å². The van der Waals surface area contributed by atoms with Crippen LogP contribution in [0.2, 0.25) is 0 Å². The minimum Gasteiger partial charge on any atom is -0.422 e. The van der Waals surface area contributed by atoms with Gasteiger partial charge in [0.25, 0.3) is 0 Å². The van der Waals surface area contributed by atoms with Gasteiger partial charge in [-0.1, -0.05) is 39.8 Å². The molecule has 6 nitrogen and oxygen atoms in total. The van der Waals surface area contributed by atoms with Crippen LogP contribution in [0.15, 0.2) is 58.0 Å². The average Bonchev–Trinajstić information content (AvgIpc) is 3.48. The maximum absolute atomic E-state index is 13.1. The van der Waals surface area contributed by atoms with E-state index in [1.807, 2.05) is 24.5 Å². The number of hydrogen-bond donors (Lipinski definition) is 2. The molecule has 3 aromatic heterocycles. The van der Waals surface area contributed by atoms with E-state index in [9.17, 15) is 4.79 Å². The van der Waals surface area contributed by atoms with Gasteiger partial charge in [-0.05, 0) is 35.0 Å². The maximum atomic E-state index is 13.1. The molecule has 0 radical (unpaired) electrons. The number of H-pyrrole nitrogens is 2. The number of imidazole rings is 2. The van der Waals surface area contributed by atoms with Crippen LogP contribution >= 0.6 is 0 Å². The van der Waals surface area contributed by atoms with Gasteiger partial charge >= 0.3 is 5.63 Å². The van der Waals surface area contributed by atoms with E-state index >= 15 is 0 Å². The molecule has 33 heavy (non-hydrogen) atoms. The van der Waals surface area contributed by atoms with Crippen LogP contribution in [0.3, 0.4) is 0 Å². The normalized spacial score (nSPS) is 12.3. The Morgan fingerprint density at radius 2 is 1.30 bits per heavy atom. The summed E-state index contributed by atoms with van der Waals surface area (Å²) in [7, 11) is 0. The molecular weight excluding hydrogens is 412 g/mol. The summed E-state index contributed by atoms with van der Waals surface area (Å²) in [6.07, 6.45) is 3.66. The van der Waals surface area contributed by atoms with Crippen LogP contribution in [0.1, 0.15) is 51.2 Å². The molecule has 0 saturated carbocycles. The van der Waals surface area contributed by atoms with E-state index in [-0.39, 0.29) is 5.63 Å². The highest BCUT2D eigenvalue weighted by molar-refractivity contribution is 6.22. The summed E-state index contributed by atoms with van der Waals surface area (Å²) in [5.41, 5.74) is 3.92. The lowest BCUT2D eigenvalue weighted by Gasteiger charge is -2.12. The predicted molar refractivity (Wildman–Crippen MR) is 132 cm³/mol. The number of rotatable bonds is 4. The Balaban J connectivity index is 1.58. The maximum Gasteiger partial charge on any atom is 0.344 e. The standard InChI is InChI=1S/C27H24N4O2/c1-13(2)25-28-11-20(30-25)17-7-15-5-6-16-8-18(21-12-29-26(31-21)14(3)4)10-22-24(16)23(15)19(9-17)27(32)33-22/h5-14H,1-4H3,(H,28,30)(H,29,31). The molecule has 164 valence electrons. The molecule has 0 atom stereocenters. The first-order valence-electron chi connectivity index (χ1n) is 11.3. The van der Waals surface area contributed by atoms with Crippen LogP contribution in [-0.4, -0.2) is 19.9 Å². The van der Waals surface area contributed by atoms with Gasteiger partial charge < -0.3 is 14.4 Å². The molecule has 6 heteroatoms. The quantitative estimate of drug-likeness (QED) is 0.242. The molecule has 2 N–H and O–H groups in total. The molecule has 0 bridgehead atoms. The molecule has 3 aromatic carbocycles. The smallest absolute Gasteiger partial charge is 0.344 e. The van der Waals surface area contributed by atoms with Crippen molar-refractivity contribution in [3.05, 3.63) is 70.9 Å². The van der Waals surface area contributed by atoms with Gasteiger partial charge in [0.05, 0.1) is 29.2 Å². The second kappa shape index (κ2) is 7.04. The minimum atomic E-state index is -0.338. The van der Waals surface area contributed by atoms with Gasteiger partial charge in [-0.2, -0.15) is 0 Å². The number of aromatic nitrogens is 4. The summed E-state index contributed by atoms with van der Waals surface area (Å²) >= 11 is 0. The summed E-state index contributed by atoms with van der Waals surface area (Å²) in [5, 5.41) is 4.52. The second-order valence-corrected chi connectivity index (χ2v) is 9.32. The van der Waals surface area contributed by atoms with Crippen molar-refractivity contribution in [1.82, 2.24) is 19.9 Å². The molecule has 0 fully saturated rings. The summed E-state index contributed by atoms with van der Waals surface area (Å²) in [6, 6.07) is 12.2. The highest BCUT2D eigenvalue weighted by Gasteiger charge is 2.18. The van der Waals surface area contributed by atoms with E-state index in [1.54, 1.807) is 0 Å².